The van der Waals surface area contributed by atoms with E-state index in [1.54, 1.807) is 18.0 Å². The molecule has 1 aliphatic carbocycles. The average molecular weight is 268 g/mol. The molecule has 1 aromatic heterocycles. The highest BCUT2D eigenvalue weighted by Gasteiger charge is 2.43. The van der Waals surface area contributed by atoms with Gasteiger partial charge in [-0.3, -0.25) is 4.68 Å². The van der Waals surface area contributed by atoms with Gasteiger partial charge in [-0.05, 0) is 19.8 Å². The van der Waals surface area contributed by atoms with Gasteiger partial charge in [-0.25, -0.2) is 0 Å². The lowest BCUT2D eigenvalue weighted by atomic mass is 9.79. The van der Waals surface area contributed by atoms with Crippen LogP contribution in [-0.4, -0.2) is 34.2 Å². The monoisotopic (exact) mass is 268 g/mol. The second kappa shape index (κ2) is 5.92. The zero-order valence-electron chi connectivity index (χ0n) is 12.1. The van der Waals surface area contributed by atoms with Gasteiger partial charge in [0.2, 0.25) is 0 Å². The molecule has 0 bridgehead atoms. The number of hydrogen-bond donors (Lipinski definition) is 1. The molecule has 0 aromatic carbocycles. The standard InChI is InChI=1S/C14H24N2O3/c1-4-19-14(8-6-5-7-9-14)13(17)12-11(18-3)10-15-16(12)2/h10,13,17H,4-9H2,1-3H3. The highest BCUT2D eigenvalue weighted by atomic mass is 16.5. The van der Waals surface area contributed by atoms with Gasteiger partial charge in [0.1, 0.15) is 11.8 Å². The molecule has 108 valence electrons. The molecular formula is C14H24N2O3. The van der Waals surface area contributed by atoms with Crippen LogP contribution in [0.1, 0.15) is 50.8 Å². The van der Waals surface area contributed by atoms with Crippen molar-refractivity contribution in [2.75, 3.05) is 13.7 Å². The number of aromatic nitrogens is 2. The smallest absolute Gasteiger partial charge is 0.162 e. The van der Waals surface area contributed by atoms with Crippen molar-refractivity contribution in [3.8, 4) is 5.75 Å². The minimum absolute atomic E-state index is 0.492. The minimum Gasteiger partial charge on any atom is -0.493 e. The molecule has 1 unspecified atom stereocenters. The SMILES string of the molecule is CCOC1(C(O)c2c(OC)cnn2C)CCCCC1. The quantitative estimate of drug-likeness (QED) is 0.889. The normalized spacial score (nSPS) is 20.2. The number of nitrogens with zero attached hydrogens (tertiary/aromatic N) is 2. The first-order valence-corrected chi connectivity index (χ1v) is 7.02. The van der Waals surface area contributed by atoms with Crippen molar-refractivity contribution >= 4 is 0 Å². The van der Waals surface area contributed by atoms with Crippen LogP contribution in [0.3, 0.4) is 0 Å². The molecule has 1 aromatic rings. The molecule has 0 aliphatic heterocycles. The van der Waals surface area contributed by atoms with E-state index in [2.05, 4.69) is 5.10 Å². The van der Waals surface area contributed by atoms with E-state index >= 15 is 0 Å². The van der Waals surface area contributed by atoms with Gasteiger partial charge in [-0.2, -0.15) is 5.10 Å². The van der Waals surface area contributed by atoms with E-state index in [4.69, 9.17) is 9.47 Å². The summed E-state index contributed by atoms with van der Waals surface area (Å²) in [5.41, 5.74) is 0.214. The average Bonchev–Trinajstić information content (AvgIpc) is 2.80. The Labute approximate surface area is 114 Å². The fourth-order valence-electron chi connectivity index (χ4n) is 3.08. The van der Waals surface area contributed by atoms with Gasteiger partial charge in [0.05, 0.1) is 18.9 Å². The van der Waals surface area contributed by atoms with E-state index in [-0.39, 0.29) is 0 Å². The van der Waals surface area contributed by atoms with Gasteiger partial charge in [0, 0.05) is 13.7 Å². The summed E-state index contributed by atoms with van der Waals surface area (Å²) in [6.45, 7) is 2.58. The van der Waals surface area contributed by atoms with Crippen molar-refractivity contribution < 1.29 is 14.6 Å². The van der Waals surface area contributed by atoms with Crippen LogP contribution in [0.5, 0.6) is 5.75 Å². The van der Waals surface area contributed by atoms with Crippen LogP contribution in [0.25, 0.3) is 0 Å². The van der Waals surface area contributed by atoms with Crippen LogP contribution >= 0.6 is 0 Å². The Morgan fingerprint density at radius 1 is 1.42 bits per heavy atom. The second-order valence-corrected chi connectivity index (χ2v) is 5.18. The first-order chi connectivity index (χ1) is 9.14. The summed E-state index contributed by atoms with van der Waals surface area (Å²) < 4.78 is 12.9. The van der Waals surface area contributed by atoms with Gasteiger partial charge < -0.3 is 14.6 Å². The highest BCUT2D eigenvalue weighted by molar-refractivity contribution is 5.29. The summed E-state index contributed by atoms with van der Waals surface area (Å²) in [7, 11) is 3.42. The highest BCUT2D eigenvalue weighted by Crippen LogP contribution is 2.43. The van der Waals surface area contributed by atoms with Gasteiger partial charge in [0.25, 0.3) is 0 Å². The Morgan fingerprint density at radius 3 is 2.68 bits per heavy atom. The fourth-order valence-corrected chi connectivity index (χ4v) is 3.08. The third kappa shape index (κ3) is 2.62. The molecule has 1 N–H and O–H groups in total. The van der Waals surface area contributed by atoms with Crippen molar-refractivity contribution in [1.82, 2.24) is 9.78 Å². The molecule has 5 heteroatoms. The van der Waals surface area contributed by atoms with Crippen LogP contribution in [0.15, 0.2) is 6.20 Å². The van der Waals surface area contributed by atoms with Crippen LogP contribution in [0.4, 0.5) is 0 Å². The van der Waals surface area contributed by atoms with E-state index in [1.807, 2.05) is 14.0 Å². The molecule has 1 fully saturated rings. The maximum absolute atomic E-state index is 10.8. The largest absolute Gasteiger partial charge is 0.493 e. The van der Waals surface area contributed by atoms with Gasteiger partial charge >= 0.3 is 0 Å². The number of hydrogen-bond acceptors (Lipinski definition) is 4. The number of ether oxygens (including phenoxy) is 2. The predicted octanol–water partition coefficient (Wildman–Crippen LogP) is 2.20. The first-order valence-electron chi connectivity index (χ1n) is 7.02. The predicted molar refractivity (Wildman–Crippen MR) is 72.2 cm³/mol. The van der Waals surface area contributed by atoms with Crippen molar-refractivity contribution in [3.63, 3.8) is 0 Å². The van der Waals surface area contributed by atoms with Gasteiger partial charge in [0.15, 0.2) is 5.75 Å². The Hall–Kier alpha value is -1.07. The summed E-state index contributed by atoms with van der Waals surface area (Å²) >= 11 is 0. The maximum atomic E-state index is 10.8. The van der Waals surface area contributed by atoms with E-state index in [1.165, 1.54) is 6.42 Å². The van der Waals surface area contributed by atoms with Gasteiger partial charge in [-0.1, -0.05) is 19.3 Å². The summed E-state index contributed by atoms with van der Waals surface area (Å²) in [4.78, 5) is 0. The number of rotatable bonds is 5. The van der Waals surface area contributed by atoms with Crippen molar-refractivity contribution in [2.24, 2.45) is 7.05 Å². The zero-order chi connectivity index (χ0) is 13.9. The maximum Gasteiger partial charge on any atom is 0.162 e. The Kier molecular flexibility index (Phi) is 4.47. The molecule has 1 heterocycles. The molecule has 1 saturated carbocycles. The van der Waals surface area contributed by atoms with Crippen molar-refractivity contribution in [1.29, 1.82) is 0 Å². The van der Waals surface area contributed by atoms with Gasteiger partial charge in [-0.15, -0.1) is 0 Å². The lowest BCUT2D eigenvalue weighted by molar-refractivity contribution is -0.144. The summed E-state index contributed by atoms with van der Waals surface area (Å²) in [6.07, 6.45) is 6.11. The molecule has 1 aliphatic rings. The van der Waals surface area contributed by atoms with Crippen molar-refractivity contribution in [2.45, 2.75) is 50.7 Å². The first kappa shape index (κ1) is 14.3. The summed E-state index contributed by atoms with van der Waals surface area (Å²) in [5, 5.41) is 15.0. The lowest BCUT2D eigenvalue weighted by Crippen LogP contribution is -2.42. The van der Waals surface area contributed by atoms with Crippen LogP contribution in [-0.2, 0) is 11.8 Å². The van der Waals surface area contributed by atoms with E-state index < -0.39 is 11.7 Å². The molecule has 0 amide bonds. The van der Waals surface area contributed by atoms with E-state index in [0.717, 1.165) is 25.7 Å². The third-order valence-electron chi connectivity index (χ3n) is 4.06. The number of aryl methyl sites for hydroxylation is 1. The number of aliphatic hydroxyl groups is 1. The van der Waals surface area contributed by atoms with E-state index in [0.29, 0.717) is 18.1 Å². The molecule has 19 heavy (non-hydrogen) atoms. The summed E-state index contributed by atoms with van der Waals surface area (Å²) in [5.74, 6) is 0.625. The molecule has 0 radical (unpaired) electrons. The Balaban J connectivity index is 2.32. The third-order valence-corrected chi connectivity index (χ3v) is 4.06. The summed E-state index contributed by atoms with van der Waals surface area (Å²) in [6, 6.07) is 0. The number of methoxy groups -OCH3 is 1. The van der Waals surface area contributed by atoms with Crippen molar-refractivity contribution in [3.05, 3.63) is 11.9 Å². The topological polar surface area (TPSA) is 56.5 Å². The fraction of sp³-hybridized carbons (Fsp3) is 0.786. The van der Waals surface area contributed by atoms with E-state index in [9.17, 15) is 5.11 Å². The zero-order valence-corrected chi connectivity index (χ0v) is 12.1. The molecular weight excluding hydrogens is 244 g/mol. The number of aliphatic hydroxyl groups excluding tert-OH is 1. The van der Waals surface area contributed by atoms with Crippen LogP contribution in [0, 0.1) is 0 Å². The second-order valence-electron chi connectivity index (χ2n) is 5.18. The molecule has 0 spiro atoms. The van der Waals surface area contributed by atoms with Crippen LogP contribution < -0.4 is 4.74 Å². The minimum atomic E-state index is -0.699. The molecule has 1 atom stereocenters. The Morgan fingerprint density at radius 2 is 2.11 bits per heavy atom. The molecule has 5 nitrogen and oxygen atoms in total. The molecule has 0 saturated heterocycles. The lowest BCUT2D eigenvalue weighted by Gasteiger charge is -2.40. The Bertz CT molecular complexity index is 405. The van der Waals surface area contributed by atoms with Crippen LogP contribution in [0.2, 0.25) is 0 Å². The molecule has 2 rings (SSSR count).